The Bertz CT molecular complexity index is 821. The second-order valence-corrected chi connectivity index (χ2v) is 8.35. The lowest BCUT2D eigenvalue weighted by Gasteiger charge is -2.26. The van der Waals surface area contributed by atoms with Crippen LogP contribution in [-0.2, 0) is 14.8 Å². The van der Waals surface area contributed by atoms with Crippen molar-refractivity contribution >= 4 is 34.2 Å². The van der Waals surface area contributed by atoms with Crippen molar-refractivity contribution in [1.29, 1.82) is 0 Å². The SMILES string of the molecule is Cl.O=C(NCC1CCCN1)C1CCCN1C1=NS(=O)(=O)c2ccccc21. The number of hydrogen-bond donors (Lipinski definition) is 2. The van der Waals surface area contributed by atoms with Gasteiger partial charge >= 0.3 is 0 Å². The van der Waals surface area contributed by atoms with Gasteiger partial charge in [-0.2, -0.15) is 8.42 Å². The second kappa shape index (κ2) is 7.54. The molecule has 2 fully saturated rings. The molecular formula is C17H23ClN4O3S. The molecule has 0 spiro atoms. The lowest BCUT2D eigenvalue weighted by atomic mass is 10.1. The summed E-state index contributed by atoms with van der Waals surface area (Å²) in [6, 6.07) is 6.79. The van der Waals surface area contributed by atoms with Crippen LogP contribution in [0.5, 0.6) is 0 Å². The molecule has 9 heteroatoms. The number of likely N-dealkylation sites (tertiary alicyclic amines) is 1. The first kappa shape index (κ1) is 19.1. The maximum atomic E-state index is 12.7. The van der Waals surface area contributed by atoms with Crippen molar-refractivity contribution in [3.63, 3.8) is 0 Å². The number of nitrogens with one attached hydrogen (secondary N) is 2. The summed E-state index contributed by atoms with van der Waals surface area (Å²) in [7, 11) is -3.66. The predicted molar refractivity (Wildman–Crippen MR) is 101 cm³/mol. The highest BCUT2D eigenvalue weighted by atomic mass is 35.5. The van der Waals surface area contributed by atoms with Crippen molar-refractivity contribution in [1.82, 2.24) is 15.5 Å². The Balaban J connectivity index is 0.00000196. The van der Waals surface area contributed by atoms with Gasteiger partial charge in [0.15, 0.2) is 5.84 Å². The largest absolute Gasteiger partial charge is 0.353 e. The average molecular weight is 399 g/mol. The number of benzene rings is 1. The Kier molecular flexibility index (Phi) is 5.55. The first-order valence-corrected chi connectivity index (χ1v) is 10.2. The van der Waals surface area contributed by atoms with Crippen molar-refractivity contribution in [3.8, 4) is 0 Å². The van der Waals surface area contributed by atoms with Crippen LogP contribution in [0.2, 0.25) is 0 Å². The third-order valence-corrected chi connectivity index (χ3v) is 6.45. The van der Waals surface area contributed by atoms with Crippen molar-refractivity contribution in [2.75, 3.05) is 19.6 Å². The average Bonchev–Trinajstić information content (AvgIpc) is 3.32. The number of fused-ring (bicyclic) bond motifs is 1. The number of hydrogen-bond acceptors (Lipinski definition) is 5. The smallest absolute Gasteiger partial charge is 0.285 e. The van der Waals surface area contributed by atoms with E-state index in [2.05, 4.69) is 15.0 Å². The van der Waals surface area contributed by atoms with E-state index in [1.54, 1.807) is 24.3 Å². The lowest BCUT2D eigenvalue weighted by molar-refractivity contribution is -0.124. The quantitative estimate of drug-likeness (QED) is 0.789. The molecule has 4 rings (SSSR count). The van der Waals surface area contributed by atoms with Crippen molar-refractivity contribution < 1.29 is 13.2 Å². The van der Waals surface area contributed by atoms with E-state index in [0.29, 0.717) is 37.0 Å². The zero-order chi connectivity index (χ0) is 17.4. The Hall–Kier alpha value is -1.64. The minimum Gasteiger partial charge on any atom is -0.353 e. The summed E-state index contributed by atoms with van der Waals surface area (Å²) >= 11 is 0. The maximum absolute atomic E-state index is 12.7. The van der Waals surface area contributed by atoms with E-state index < -0.39 is 10.0 Å². The van der Waals surface area contributed by atoms with Crippen molar-refractivity contribution in [3.05, 3.63) is 29.8 Å². The molecule has 0 aromatic heterocycles. The molecular weight excluding hydrogens is 376 g/mol. The molecule has 2 unspecified atom stereocenters. The topological polar surface area (TPSA) is 90.9 Å². The van der Waals surface area contributed by atoms with Crippen LogP contribution in [0.4, 0.5) is 0 Å². The molecule has 0 bridgehead atoms. The lowest BCUT2D eigenvalue weighted by Crippen LogP contribution is -2.48. The second-order valence-electron chi connectivity index (χ2n) is 6.78. The Morgan fingerprint density at radius 3 is 2.85 bits per heavy atom. The summed E-state index contributed by atoms with van der Waals surface area (Å²) in [5.41, 5.74) is 0.597. The minimum absolute atomic E-state index is 0. The van der Waals surface area contributed by atoms with E-state index in [4.69, 9.17) is 0 Å². The van der Waals surface area contributed by atoms with Gasteiger partial charge in [0, 0.05) is 24.7 Å². The monoisotopic (exact) mass is 398 g/mol. The van der Waals surface area contributed by atoms with Crippen LogP contribution >= 0.6 is 12.4 Å². The third-order valence-electron chi connectivity index (χ3n) is 5.13. The maximum Gasteiger partial charge on any atom is 0.285 e. The van der Waals surface area contributed by atoms with Gasteiger partial charge < -0.3 is 15.5 Å². The van der Waals surface area contributed by atoms with Crippen LogP contribution < -0.4 is 10.6 Å². The molecule has 7 nitrogen and oxygen atoms in total. The predicted octanol–water partition coefficient (Wildman–Crippen LogP) is 0.890. The molecule has 0 aliphatic carbocycles. The van der Waals surface area contributed by atoms with Gasteiger partial charge in [0.2, 0.25) is 5.91 Å². The van der Waals surface area contributed by atoms with Gasteiger partial charge in [0.05, 0.1) is 0 Å². The molecule has 0 radical (unpaired) electrons. The van der Waals surface area contributed by atoms with Gasteiger partial charge in [-0.05, 0) is 44.4 Å². The molecule has 1 aromatic carbocycles. The van der Waals surface area contributed by atoms with E-state index in [1.807, 2.05) is 4.90 Å². The molecule has 26 heavy (non-hydrogen) atoms. The van der Waals surface area contributed by atoms with Gasteiger partial charge in [-0.15, -0.1) is 16.8 Å². The van der Waals surface area contributed by atoms with E-state index in [0.717, 1.165) is 25.8 Å². The van der Waals surface area contributed by atoms with E-state index in [1.165, 1.54) is 0 Å². The van der Waals surface area contributed by atoms with Crippen LogP contribution in [0, 0.1) is 0 Å². The highest BCUT2D eigenvalue weighted by Gasteiger charge is 2.39. The van der Waals surface area contributed by atoms with Crippen LogP contribution in [0.25, 0.3) is 0 Å². The summed E-state index contributed by atoms with van der Waals surface area (Å²) in [5, 5.41) is 6.38. The molecule has 3 aliphatic heterocycles. The number of carbonyl (C=O) groups is 1. The highest BCUT2D eigenvalue weighted by Crippen LogP contribution is 2.31. The molecule has 2 N–H and O–H groups in total. The normalized spacial score (nSPS) is 26.2. The fourth-order valence-electron chi connectivity index (χ4n) is 3.86. The summed E-state index contributed by atoms with van der Waals surface area (Å²) in [6.45, 7) is 2.26. The summed E-state index contributed by atoms with van der Waals surface area (Å²) < 4.78 is 28.5. The van der Waals surface area contributed by atoms with Gasteiger partial charge in [-0.25, -0.2) is 0 Å². The number of carbonyl (C=O) groups excluding carboxylic acids is 1. The zero-order valence-corrected chi connectivity index (χ0v) is 16.0. The van der Waals surface area contributed by atoms with Gasteiger partial charge in [-0.1, -0.05) is 12.1 Å². The van der Waals surface area contributed by atoms with Gasteiger partial charge in [-0.3, -0.25) is 4.79 Å². The number of nitrogens with zero attached hydrogens (tertiary/aromatic N) is 2. The molecule has 1 amide bonds. The molecule has 1 aromatic rings. The van der Waals surface area contributed by atoms with E-state index in [-0.39, 0.29) is 29.3 Å². The number of sulfonamides is 1. The number of amides is 1. The summed E-state index contributed by atoms with van der Waals surface area (Å²) in [4.78, 5) is 14.7. The Morgan fingerprint density at radius 1 is 1.27 bits per heavy atom. The van der Waals surface area contributed by atoms with Crippen LogP contribution in [-0.4, -0.2) is 56.8 Å². The Labute approximate surface area is 159 Å². The third kappa shape index (κ3) is 3.45. The highest BCUT2D eigenvalue weighted by molar-refractivity contribution is 7.90. The van der Waals surface area contributed by atoms with Crippen LogP contribution in [0.3, 0.4) is 0 Å². The fraction of sp³-hybridized carbons (Fsp3) is 0.529. The fourth-order valence-corrected chi connectivity index (χ4v) is 5.08. The molecule has 0 saturated carbocycles. The summed E-state index contributed by atoms with van der Waals surface area (Å²) in [6.07, 6.45) is 3.78. The van der Waals surface area contributed by atoms with Crippen LogP contribution in [0.15, 0.2) is 33.6 Å². The zero-order valence-electron chi connectivity index (χ0n) is 14.3. The van der Waals surface area contributed by atoms with E-state index >= 15 is 0 Å². The molecule has 2 saturated heterocycles. The first-order valence-electron chi connectivity index (χ1n) is 8.78. The molecule has 2 atom stereocenters. The van der Waals surface area contributed by atoms with Gasteiger partial charge in [0.1, 0.15) is 10.9 Å². The van der Waals surface area contributed by atoms with Crippen molar-refractivity contribution in [2.24, 2.45) is 4.40 Å². The number of rotatable bonds is 3. The minimum atomic E-state index is -3.66. The molecule has 142 valence electrons. The first-order chi connectivity index (χ1) is 12.1. The summed E-state index contributed by atoms with van der Waals surface area (Å²) in [5.74, 6) is 0.364. The van der Waals surface area contributed by atoms with E-state index in [9.17, 15) is 13.2 Å². The standard InChI is InChI=1S/C17H22N4O3S.ClH/c22-17(19-11-12-5-3-9-18-12)14-7-4-10-21(14)16-13-6-1-2-8-15(13)25(23,24)20-16;/h1-2,6,8,12,14,18H,3-5,7,9-11H2,(H,19,22);1H. The molecule has 3 aliphatic rings. The van der Waals surface area contributed by atoms with Crippen LogP contribution in [0.1, 0.15) is 31.2 Å². The number of halogens is 1. The number of amidine groups is 1. The van der Waals surface area contributed by atoms with Crippen molar-refractivity contribution in [2.45, 2.75) is 42.7 Å². The Morgan fingerprint density at radius 2 is 2.08 bits per heavy atom. The van der Waals surface area contributed by atoms with Gasteiger partial charge in [0.25, 0.3) is 10.0 Å². The molecule has 3 heterocycles.